The molecule has 3 aromatic carbocycles. The minimum Gasteiger partial charge on any atom is -0.395 e. The Hall–Kier alpha value is -4.86. The van der Waals surface area contributed by atoms with E-state index in [1.54, 1.807) is 35.9 Å². The van der Waals surface area contributed by atoms with Gasteiger partial charge in [0.1, 0.15) is 0 Å². The van der Waals surface area contributed by atoms with E-state index in [0.29, 0.717) is 41.3 Å². The first-order valence-electron chi connectivity index (χ1n) is 14.2. The number of anilines is 3. The van der Waals surface area contributed by atoms with Gasteiger partial charge in [0.05, 0.1) is 23.9 Å². The van der Waals surface area contributed by atoms with Gasteiger partial charge in [-0.05, 0) is 42.3 Å². The third-order valence-corrected chi connectivity index (χ3v) is 7.89. The number of aromatic nitrogens is 3. The van der Waals surface area contributed by atoms with Crippen LogP contribution in [-0.4, -0.2) is 50.7 Å². The number of nitrogens with zero attached hydrogens (tertiary/aromatic N) is 5. The number of aliphatic hydroxyl groups excluding tert-OH is 1. The zero-order valence-electron chi connectivity index (χ0n) is 24.0. The van der Waals surface area contributed by atoms with Crippen LogP contribution in [-0.2, 0) is 21.7 Å². The van der Waals surface area contributed by atoms with Gasteiger partial charge in [0.25, 0.3) is 5.91 Å². The van der Waals surface area contributed by atoms with E-state index in [9.17, 15) is 19.8 Å². The number of rotatable bonds is 13. The van der Waals surface area contributed by atoms with Crippen molar-refractivity contribution in [2.24, 2.45) is 5.92 Å². The molecule has 9 nitrogen and oxygen atoms in total. The lowest BCUT2D eigenvalue weighted by atomic mass is 9.82. The summed E-state index contributed by atoms with van der Waals surface area (Å²) < 4.78 is 1.72. The molecule has 2 heterocycles. The maximum atomic E-state index is 13.7. The molecule has 0 saturated heterocycles. The highest BCUT2D eigenvalue weighted by molar-refractivity contribution is 6.08. The number of amides is 2. The van der Waals surface area contributed by atoms with Crippen molar-refractivity contribution >= 4 is 29.4 Å². The predicted molar refractivity (Wildman–Crippen MR) is 166 cm³/mol. The SMILES string of the molecule is C=CCN1C(=O)[C@](O)([C@H](C)/C=C/CCn2cc(C(CO)c3ccccc3)nn2)c2cc(N(C=O)c3ccccc3)ccc21. The Bertz CT molecular complexity index is 1600. The molecular weight excluding hydrogens is 542 g/mol. The van der Waals surface area contributed by atoms with Gasteiger partial charge >= 0.3 is 0 Å². The highest BCUT2D eigenvalue weighted by Gasteiger charge is 2.52. The van der Waals surface area contributed by atoms with E-state index in [2.05, 4.69) is 16.9 Å². The van der Waals surface area contributed by atoms with E-state index >= 15 is 0 Å². The smallest absolute Gasteiger partial charge is 0.264 e. The Kier molecular flexibility index (Phi) is 8.94. The van der Waals surface area contributed by atoms with E-state index in [-0.39, 0.29) is 19.1 Å². The molecule has 1 aromatic heterocycles. The van der Waals surface area contributed by atoms with Crippen molar-refractivity contribution in [2.45, 2.75) is 31.4 Å². The predicted octanol–water partition coefficient (Wildman–Crippen LogP) is 4.70. The Morgan fingerprint density at radius 2 is 1.77 bits per heavy atom. The minimum absolute atomic E-state index is 0.0747. The zero-order valence-corrected chi connectivity index (χ0v) is 24.0. The molecule has 1 aliphatic rings. The average Bonchev–Trinajstić information content (AvgIpc) is 3.59. The summed E-state index contributed by atoms with van der Waals surface area (Å²) in [6.45, 7) is 6.28. The van der Waals surface area contributed by atoms with Gasteiger partial charge in [0.15, 0.2) is 5.60 Å². The normalized spacial score (nSPS) is 17.6. The second-order valence-corrected chi connectivity index (χ2v) is 10.5. The molecule has 0 fully saturated rings. The van der Waals surface area contributed by atoms with Crippen LogP contribution in [0.3, 0.4) is 0 Å². The molecule has 0 aliphatic carbocycles. The van der Waals surface area contributed by atoms with Crippen molar-refractivity contribution < 1.29 is 19.8 Å². The first-order chi connectivity index (χ1) is 20.9. The molecule has 43 heavy (non-hydrogen) atoms. The number of hydrogen-bond donors (Lipinski definition) is 2. The van der Waals surface area contributed by atoms with Gasteiger partial charge in [-0.1, -0.05) is 78.9 Å². The van der Waals surface area contributed by atoms with Crippen molar-refractivity contribution in [2.75, 3.05) is 23.0 Å². The molecule has 0 spiro atoms. The fraction of sp³-hybridized carbons (Fsp3) is 0.235. The van der Waals surface area contributed by atoms with Crippen LogP contribution in [0.5, 0.6) is 0 Å². The van der Waals surface area contributed by atoms with Crippen LogP contribution in [0, 0.1) is 5.92 Å². The number of benzene rings is 3. The molecule has 2 N–H and O–H groups in total. The zero-order chi connectivity index (χ0) is 30.4. The van der Waals surface area contributed by atoms with Crippen molar-refractivity contribution in [3.63, 3.8) is 0 Å². The lowest BCUT2D eigenvalue weighted by Crippen LogP contribution is -2.44. The Morgan fingerprint density at radius 1 is 1.05 bits per heavy atom. The van der Waals surface area contributed by atoms with Crippen LogP contribution in [0.25, 0.3) is 0 Å². The average molecular weight is 578 g/mol. The minimum atomic E-state index is -1.83. The van der Waals surface area contributed by atoms with Crippen molar-refractivity contribution in [3.8, 4) is 0 Å². The van der Waals surface area contributed by atoms with Crippen molar-refractivity contribution in [3.05, 3.63) is 127 Å². The molecule has 1 unspecified atom stereocenters. The number of fused-ring (bicyclic) bond motifs is 1. The van der Waals surface area contributed by atoms with Crippen molar-refractivity contribution in [1.29, 1.82) is 0 Å². The quantitative estimate of drug-likeness (QED) is 0.176. The summed E-state index contributed by atoms with van der Waals surface area (Å²) in [5.41, 5.74) is 2.06. The number of carbonyl (C=O) groups is 2. The maximum absolute atomic E-state index is 13.7. The topological polar surface area (TPSA) is 112 Å². The fourth-order valence-electron chi connectivity index (χ4n) is 5.54. The summed E-state index contributed by atoms with van der Waals surface area (Å²) >= 11 is 0. The molecule has 3 atom stereocenters. The van der Waals surface area contributed by atoms with Crippen LogP contribution in [0.2, 0.25) is 0 Å². The monoisotopic (exact) mass is 577 g/mol. The van der Waals surface area contributed by atoms with Gasteiger partial charge in [0, 0.05) is 42.1 Å². The number of aryl methyl sites for hydroxylation is 1. The number of para-hydroxylation sites is 1. The molecule has 0 bridgehead atoms. The molecule has 5 rings (SSSR count). The molecule has 220 valence electrons. The number of hydrogen-bond acceptors (Lipinski definition) is 6. The van der Waals surface area contributed by atoms with Crippen molar-refractivity contribution in [1.82, 2.24) is 15.0 Å². The molecule has 1 aliphatic heterocycles. The fourth-order valence-corrected chi connectivity index (χ4v) is 5.54. The summed E-state index contributed by atoms with van der Waals surface area (Å²) in [6.07, 6.45) is 8.50. The largest absolute Gasteiger partial charge is 0.395 e. The van der Waals surface area contributed by atoms with E-state index in [1.807, 2.05) is 79.0 Å². The second kappa shape index (κ2) is 13.0. The Balaban J connectivity index is 1.34. The standard InChI is InChI=1S/C34H35N5O4/c1-3-19-38-32-18-17-28(39(24-41)27-15-8-5-9-16-27)21-30(32)34(43,33(38)42)25(2)12-10-11-20-37-22-31(35-36-37)29(23-40)26-13-6-4-7-14-26/h3-10,12-18,21-22,24-25,29,40,43H,1,11,19-20,23H2,2H3/b12-10+/t25-,29?,34+/m1/s1. The molecule has 0 saturated carbocycles. The third kappa shape index (κ3) is 5.77. The first-order valence-corrected chi connectivity index (χ1v) is 14.2. The first kappa shape index (κ1) is 29.6. The number of allylic oxidation sites excluding steroid dienone is 1. The van der Waals surface area contributed by atoms with Crippen LogP contribution < -0.4 is 9.80 Å². The summed E-state index contributed by atoms with van der Waals surface area (Å²) in [5, 5.41) is 30.4. The molecule has 4 aromatic rings. The highest BCUT2D eigenvalue weighted by Crippen LogP contribution is 2.47. The van der Waals surface area contributed by atoms with Gasteiger partial charge in [-0.25, -0.2) is 0 Å². The number of carbonyl (C=O) groups excluding carboxylic acids is 2. The molecular formula is C34H35N5O4. The summed E-state index contributed by atoms with van der Waals surface area (Å²) in [7, 11) is 0. The summed E-state index contributed by atoms with van der Waals surface area (Å²) in [4.78, 5) is 28.8. The van der Waals surface area contributed by atoms with E-state index in [4.69, 9.17) is 0 Å². The van der Waals surface area contributed by atoms with Gasteiger partial charge in [0.2, 0.25) is 6.41 Å². The lowest BCUT2D eigenvalue weighted by molar-refractivity contribution is -0.139. The van der Waals surface area contributed by atoms with Gasteiger partial charge < -0.3 is 15.1 Å². The Morgan fingerprint density at radius 3 is 2.44 bits per heavy atom. The van der Waals surface area contributed by atoms with Crippen LogP contribution in [0.1, 0.15) is 36.1 Å². The second-order valence-electron chi connectivity index (χ2n) is 10.5. The molecule has 0 radical (unpaired) electrons. The summed E-state index contributed by atoms with van der Waals surface area (Å²) in [5.74, 6) is -1.27. The molecule has 2 amide bonds. The van der Waals surface area contributed by atoms with E-state index in [0.717, 1.165) is 12.0 Å². The summed E-state index contributed by atoms with van der Waals surface area (Å²) in [6, 6.07) is 24.1. The van der Waals surface area contributed by atoms with Crippen LogP contribution >= 0.6 is 0 Å². The van der Waals surface area contributed by atoms with E-state index < -0.39 is 17.4 Å². The van der Waals surface area contributed by atoms with Gasteiger partial charge in [-0.2, -0.15) is 0 Å². The van der Waals surface area contributed by atoms with Gasteiger partial charge in [-0.3, -0.25) is 19.2 Å². The maximum Gasteiger partial charge on any atom is 0.264 e. The molecule has 9 heteroatoms. The Labute approximate surface area is 251 Å². The lowest BCUT2D eigenvalue weighted by Gasteiger charge is -2.28. The highest BCUT2D eigenvalue weighted by atomic mass is 16.3. The number of aliphatic hydroxyl groups is 2. The van der Waals surface area contributed by atoms with E-state index in [1.165, 1.54) is 9.80 Å². The van der Waals surface area contributed by atoms with Crippen LogP contribution in [0.15, 0.2) is 110 Å². The van der Waals surface area contributed by atoms with Crippen LogP contribution in [0.4, 0.5) is 17.1 Å². The third-order valence-electron chi connectivity index (χ3n) is 7.89. The van der Waals surface area contributed by atoms with Gasteiger partial charge in [-0.15, -0.1) is 11.7 Å².